The van der Waals surface area contributed by atoms with Gasteiger partial charge in [-0.15, -0.1) is 0 Å². The number of amides is 2. The SMILES string of the molecule is COc1ccc(CN2C(=O)CC(C(=O)Nc3ccc(F)cc3)SC2=Nc2cccc(C(F)(F)F)c2)cc1. The highest BCUT2D eigenvalue weighted by molar-refractivity contribution is 8.15. The van der Waals surface area contributed by atoms with E-state index in [9.17, 15) is 27.2 Å². The van der Waals surface area contributed by atoms with Crippen molar-refractivity contribution < 1.29 is 31.9 Å². The Labute approximate surface area is 214 Å². The summed E-state index contributed by atoms with van der Waals surface area (Å²) >= 11 is 0.972. The summed E-state index contributed by atoms with van der Waals surface area (Å²) in [6.45, 7) is 0.0971. The molecule has 1 fully saturated rings. The van der Waals surface area contributed by atoms with Crippen molar-refractivity contribution in [1.29, 1.82) is 0 Å². The van der Waals surface area contributed by atoms with Gasteiger partial charge in [0.2, 0.25) is 11.8 Å². The Morgan fingerprint density at radius 2 is 1.81 bits per heavy atom. The summed E-state index contributed by atoms with van der Waals surface area (Å²) in [5.41, 5.74) is 0.190. The Morgan fingerprint density at radius 1 is 1.11 bits per heavy atom. The Hall–Kier alpha value is -3.86. The molecular formula is C26H21F4N3O3S. The number of anilines is 1. The van der Waals surface area contributed by atoms with E-state index in [1.54, 1.807) is 24.3 Å². The zero-order chi connectivity index (χ0) is 26.6. The third-order valence-electron chi connectivity index (χ3n) is 5.44. The zero-order valence-corrected chi connectivity index (χ0v) is 20.3. The van der Waals surface area contributed by atoms with Crippen molar-refractivity contribution in [2.45, 2.75) is 24.4 Å². The van der Waals surface area contributed by atoms with Crippen LogP contribution in [0, 0.1) is 5.82 Å². The topological polar surface area (TPSA) is 71.0 Å². The largest absolute Gasteiger partial charge is 0.497 e. The minimum Gasteiger partial charge on any atom is -0.497 e. The molecule has 0 spiro atoms. The van der Waals surface area contributed by atoms with Crippen LogP contribution in [0.4, 0.5) is 28.9 Å². The third kappa shape index (κ3) is 6.67. The number of rotatable bonds is 6. The minimum absolute atomic E-state index is 0.00977. The quantitative estimate of drug-likeness (QED) is 0.396. The summed E-state index contributed by atoms with van der Waals surface area (Å²) in [5.74, 6) is -0.770. The maximum absolute atomic E-state index is 13.2. The minimum atomic E-state index is -4.56. The number of halogens is 4. The number of thioether (sulfide) groups is 1. The summed E-state index contributed by atoms with van der Waals surface area (Å²) < 4.78 is 58.0. The van der Waals surface area contributed by atoms with E-state index in [2.05, 4.69) is 10.3 Å². The molecule has 3 aromatic rings. The lowest BCUT2D eigenvalue weighted by atomic mass is 10.2. The first-order valence-corrected chi connectivity index (χ1v) is 11.9. The number of nitrogens with zero attached hydrogens (tertiary/aromatic N) is 2. The van der Waals surface area contributed by atoms with Crippen molar-refractivity contribution in [1.82, 2.24) is 4.90 Å². The van der Waals surface area contributed by atoms with Gasteiger partial charge in [-0.05, 0) is 60.2 Å². The monoisotopic (exact) mass is 531 g/mol. The number of alkyl halides is 3. The molecule has 1 unspecified atom stereocenters. The molecule has 6 nitrogen and oxygen atoms in total. The summed E-state index contributed by atoms with van der Waals surface area (Å²) in [6, 6.07) is 16.5. The summed E-state index contributed by atoms with van der Waals surface area (Å²) in [6.07, 6.45) is -4.72. The first-order chi connectivity index (χ1) is 17.6. The highest BCUT2D eigenvalue weighted by Crippen LogP contribution is 2.34. The van der Waals surface area contributed by atoms with Crippen LogP contribution in [0.25, 0.3) is 0 Å². The van der Waals surface area contributed by atoms with Gasteiger partial charge in [0, 0.05) is 12.1 Å². The molecule has 1 aliphatic heterocycles. The lowest BCUT2D eigenvalue weighted by molar-refractivity contribution is -0.137. The maximum atomic E-state index is 13.2. The average Bonchev–Trinajstić information content (AvgIpc) is 2.87. The fourth-order valence-electron chi connectivity index (χ4n) is 3.53. The fourth-order valence-corrected chi connectivity index (χ4v) is 4.63. The molecule has 1 heterocycles. The van der Waals surface area contributed by atoms with Gasteiger partial charge in [0.15, 0.2) is 5.17 Å². The van der Waals surface area contributed by atoms with E-state index >= 15 is 0 Å². The molecule has 1 N–H and O–H groups in total. The van der Waals surface area contributed by atoms with Crippen molar-refractivity contribution in [3.8, 4) is 5.75 Å². The van der Waals surface area contributed by atoms with Crippen LogP contribution in [-0.2, 0) is 22.3 Å². The summed E-state index contributed by atoms with van der Waals surface area (Å²) in [4.78, 5) is 31.7. The number of methoxy groups -OCH3 is 1. The van der Waals surface area contributed by atoms with Gasteiger partial charge in [0.05, 0.1) is 24.9 Å². The van der Waals surface area contributed by atoms with E-state index in [-0.39, 0.29) is 23.8 Å². The van der Waals surface area contributed by atoms with Gasteiger partial charge >= 0.3 is 6.18 Å². The summed E-state index contributed by atoms with van der Waals surface area (Å²) in [5, 5.41) is 1.83. The van der Waals surface area contributed by atoms with Gasteiger partial charge in [-0.25, -0.2) is 9.38 Å². The van der Waals surface area contributed by atoms with E-state index < -0.39 is 34.6 Å². The highest BCUT2D eigenvalue weighted by atomic mass is 32.2. The number of carbonyl (C=O) groups is 2. The molecule has 0 radical (unpaired) electrons. The van der Waals surface area contributed by atoms with Crippen molar-refractivity contribution in [2.24, 2.45) is 4.99 Å². The molecule has 1 aliphatic rings. The second kappa shape index (κ2) is 11.0. The maximum Gasteiger partial charge on any atom is 0.416 e. The van der Waals surface area contributed by atoms with Crippen LogP contribution in [0.15, 0.2) is 77.8 Å². The van der Waals surface area contributed by atoms with Crippen LogP contribution in [0.2, 0.25) is 0 Å². The lowest BCUT2D eigenvalue weighted by Gasteiger charge is -2.32. The number of benzene rings is 3. The normalized spacial score (nSPS) is 17.1. The number of amidine groups is 1. The van der Waals surface area contributed by atoms with E-state index in [1.807, 2.05) is 0 Å². The zero-order valence-electron chi connectivity index (χ0n) is 19.5. The van der Waals surface area contributed by atoms with E-state index in [0.717, 1.165) is 29.5 Å². The molecule has 11 heteroatoms. The molecule has 4 rings (SSSR count). The van der Waals surface area contributed by atoms with Crippen LogP contribution in [0.5, 0.6) is 5.75 Å². The fraction of sp³-hybridized carbons (Fsp3) is 0.192. The molecule has 3 aromatic carbocycles. The van der Waals surface area contributed by atoms with Crippen molar-refractivity contribution in [3.63, 3.8) is 0 Å². The van der Waals surface area contributed by atoms with E-state index in [0.29, 0.717) is 11.4 Å². The summed E-state index contributed by atoms with van der Waals surface area (Å²) in [7, 11) is 1.52. The number of ether oxygens (including phenoxy) is 1. The van der Waals surface area contributed by atoms with E-state index in [1.165, 1.54) is 48.4 Å². The number of hydrogen-bond donors (Lipinski definition) is 1. The molecule has 1 saturated heterocycles. The van der Waals surface area contributed by atoms with Gasteiger partial charge in [0.1, 0.15) is 16.8 Å². The van der Waals surface area contributed by atoms with Gasteiger partial charge in [0.25, 0.3) is 0 Å². The van der Waals surface area contributed by atoms with Crippen LogP contribution in [0.3, 0.4) is 0 Å². The Bertz CT molecular complexity index is 1310. The molecular weight excluding hydrogens is 510 g/mol. The Kier molecular flexibility index (Phi) is 7.82. The van der Waals surface area contributed by atoms with Crippen LogP contribution < -0.4 is 10.1 Å². The van der Waals surface area contributed by atoms with Gasteiger partial charge in [-0.2, -0.15) is 13.2 Å². The Morgan fingerprint density at radius 3 is 2.46 bits per heavy atom. The van der Waals surface area contributed by atoms with E-state index in [4.69, 9.17) is 4.74 Å². The van der Waals surface area contributed by atoms with Crippen LogP contribution >= 0.6 is 11.8 Å². The number of nitrogens with one attached hydrogen (secondary N) is 1. The number of aliphatic imine (C=N–C) groups is 1. The highest BCUT2D eigenvalue weighted by Gasteiger charge is 2.36. The van der Waals surface area contributed by atoms with Gasteiger partial charge < -0.3 is 10.1 Å². The molecule has 2 amide bonds. The molecule has 0 aliphatic carbocycles. The standard InChI is InChI=1S/C26H21F4N3O3S/c1-36-21-11-5-16(6-12-21)15-33-23(34)14-22(24(35)31-19-9-7-18(27)8-10-19)37-25(33)32-20-4-2-3-17(13-20)26(28,29)30/h2-13,22H,14-15H2,1H3,(H,31,35). The smallest absolute Gasteiger partial charge is 0.416 e. The van der Waals surface area contributed by atoms with Gasteiger partial charge in [-0.1, -0.05) is 30.0 Å². The molecule has 37 heavy (non-hydrogen) atoms. The first kappa shape index (κ1) is 26.2. The predicted molar refractivity (Wildman–Crippen MR) is 133 cm³/mol. The Balaban J connectivity index is 1.63. The second-order valence-corrected chi connectivity index (χ2v) is 9.25. The lowest BCUT2D eigenvalue weighted by Crippen LogP contribution is -2.44. The molecule has 0 bridgehead atoms. The number of carbonyl (C=O) groups excluding carboxylic acids is 2. The van der Waals surface area contributed by atoms with Crippen LogP contribution in [-0.4, -0.2) is 34.2 Å². The van der Waals surface area contributed by atoms with Gasteiger partial charge in [-0.3, -0.25) is 14.5 Å². The van der Waals surface area contributed by atoms with Crippen LogP contribution in [0.1, 0.15) is 17.5 Å². The average molecular weight is 532 g/mol. The van der Waals surface area contributed by atoms with Crippen molar-refractivity contribution in [2.75, 3.05) is 12.4 Å². The number of hydrogen-bond acceptors (Lipinski definition) is 5. The molecule has 192 valence electrons. The molecule has 0 aromatic heterocycles. The van der Waals surface area contributed by atoms with Crippen molar-refractivity contribution in [3.05, 3.63) is 89.7 Å². The molecule has 1 atom stereocenters. The third-order valence-corrected chi connectivity index (χ3v) is 6.63. The first-order valence-electron chi connectivity index (χ1n) is 11.0. The predicted octanol–water partition coefficient (Wildman–Crippen LogP) is 6.01. The molecule has 0 saturated carbocycles. The second-order valence-electron chi connectivity index (χ2n) is 8.08. The van der Waals surface area contributed by atoms with Crippen molar-refractivity contribution >= 4 is 40.1 Å².